The Morgan fingerprint density at radius 3 is 2.50 bits per heavy atom. The standard InChI is InChI=1S/C22H19F2N5O4S/c1-28-11-16(10-25-28)18(19(30)13-5-3-2-4-6-13)29-12-15-8-7-14(9-17(15)34(29,31)32)21-26-27-22(33-21)20(23)24/h2-11,18-20,30H,12H2,1H3/t18-,19+/m1/s1. The van der Waals surface area contributed by atoms with Crippen molar-refractivity contribution in [2.45, 2.75) is 30.0 Å². The zero-order chi connectivity index (χ0) is 24.0. The van der Waals surface area contributed by atoms with Crippen molar-refractivity contribution in [1.29, 1.82) is 0 Å². The van der Waals surface area contributed by atoms with Crippen LogP contribution in [0.4, 0.5) is 8.78 Å². The number of benzene rings is 2. The molecule has 2 atom stereocenters. The zero-order valence-electron chi connectivity index (χ0n) is 17.8. The van der Waals surface area contributed by atoms with E-state index < -0.39 is 34.5 Å². The second kappa shape index (κ2) is 8.38. The number of nitrogens with zero attached hydrogens (tertiary/aromatic N) is 5. The Bertz CT molecular complexity index is 1440. The number of hydrogen-bond donors (Lipinski definition) is 1. The Balaban J connectivity index is 1.56. The number of aliphatic hydroxyl groups excluding tert-OH is 1. The van der Waals surface area contributed by atoms with Crippen LogP contribution in [0.15, 0.2) is 70.2 Å². The quantitative estimate of drug-likeness (QED) is 0.443. The van der Waals surface area contributed by atoms with Crippen molar-refractivity contribution >= 4 is 10.0 Å². The summed E-state index contributed by atoms with van der Waals surface area (Å²) in [6, 6.07) is 12.2. The number of aromatic nitrogens is 4. The van der Waals surface area contributed by atoms with Gasteiger partial charge in [-0.15, -0.1) is 10.2 Å². The molecule has 2 aromatic heterocycles. The van der Waals surface area contributed by atoms with Gasteiger partial charge in [0.1, 0.15) is 0 Å². The monoisotopic (exact) mass is 487 g/mol. The van der Waals surface area contributed by atoms with Gasteiger partial charge in [0.05, 0.1) is 23.2 Å². The second-order valence-electron chi connectivity index (χ2n) is 7.87. The predicted molar refractivity (Wildman–Crippen MR) is 115 cm³/mol. The van der Waals surface area contributed by atoms with E-state index in [9.17, 15) is 22.3 Å². The Labute approximate surface area is 193 Å². The molecule has 0 unspecified atom stereocenters. The largest absolute Gasteiger partial charge is 0.415 e. The van der Waals surface area contributed by atoms with Crippen molar-refractivity contribution in [3.8, 4) is 11.5 Å². The summed E-state index contributed by atoms with van der Waals surface area (Å²) in [5.74, 6) is -1.05. The van der Waals surface area contributed by atoms with Gasteiger partial charge in [0, 0.05) is 30.9 Å². The number of aliphatic hydroxyl groups is 1. The lowest BCUT2D eigenvalue weighted by Gasteiger charge is -2.30. The van der Waals surface area contributed by atoms with Gasteiger partial charge in [-0.1, -0.05) is 36.4 Å². The van der Waals surface area contributed by atoms with Crippen LogP contribution in [0, 0.1) is 0 Å². The minimum absolute atomic E-state index is 0.00746. The summed E-state index contributed by atoms with van der Waals surface area (Å²) in [4.78, 5) is -0.0176. The molecule has 1 N–H and O–H groups in total. The molecule has 0 spiro atoms. The van der Waals surface area contributed by atoms with Gasteiger partial charge in [0.15, 0.2) is 0 Å². The lowest BCUT2D eigenvalue weighted by Crippen LogP contribution is -2.33. The van der Waals surface area contributed by atoms with Gasteiger partial charge in [-0.05, 0) is 23.3 Å². The van der Waals surface area contributed by atoms with Crippen molar-refractivity contribution in [1.82, 2.24) is 24.3 Å². The van der Waals surface area contributed by atoms with Crippen LogP contribution < -0.4 is 0 Å². The molecule has 0 aliphatic carbocycles. The van der Waals surface area contributed by atoms with Crippen molar-refractivity contribution in [3.63, 3.8) is 0 Å². The highest BCUT2D eigenvalue weighted by Gasteiger charge is 2.43. The van der Waals surface area contributed by atoms with E-state index in [-0.39, 0.29) is 22.9 Å². The highest BCUT2D eigenvalue weighted by atomic mass is 32.2. The molecule has 0 fully saturated rings. The fourth-order valence-corrected chi connectivity index (χ4v) is 5.89. The van der Waals surface area contributed by atoms with E-state index in [0.717, 1.165) is 0 Å². The molecule has 1 aliphatic rings. The molecule has 12 heteroatoms. The molecule has 0 amide bonds. The summed E-state index contributed by atoms with van der Waals surface area (Å²) >= 11 is 0. The van der Waals surface area contributed by atoms with Gasteiger partial charge in [0.2, 0.25) is 15.9 Å². The number of fused-ring (bicyclic) bond motifs is 1. The van der Waals surface area contributed by atoms with Crippen LogP contribution in [0.25, 0.3) is 11.5 Å². The fourth-order valence-electron chi connectivity index (χ4n) is 4.06. The van der Waals surface area contributed by atoms with E-state index in [0.29, 0.717) is 16.7 Å². The molecule has 0 saturated carbocycles. The first-order valence-electron chi connectivity index (χ1n) is 10.2. The van der Waals surface area contributed by atoms with Crippen molar-refractivity contribution in [3.05, 3.63) is 83.5 Å². The van der Waals surface area contributed by atoms with Gasteiger partial charge >= 0.3 is 6.43 Å². The maximum Gasteiger partial charge on any atom is 0.314 e. The minimum atomic E-state index is -4.08. The smallest absolute Gasteiger partial charge is 0.314 e. The maximum atomic E-state index is 13.6. The first-order chi connectivity index (χ1) is 16.3. The van der Waals surface area contributed by atoms with Crippen molar-refractivity contribution in [2.75, 3.05) is 0 Å². The number of halogens is 2. The molecule has 34 heavy (non-hydrogen) atoms. The van der Waals surface area contributed by atoms with Crippen LogP contribution in [0.1, 0.15) is 41.2 Å². The molecular weight excluding hydrogens is 468 g/mol. The van der Waals surface area contributed by atoms with Crippen LogP contribution in [0.3, 0.4) is 0 Å². The first kappa shape index (κ1) is 22.3. The molecule has 0 saturated heterocycles. The fraction of sp³-hybridized carbons (Fsp3) is 0.227. The molecule has 176 valence electrons. The first-order valence-corrected chi connectivity index (χ1v) is 11.7. The van der Waals surface area contributed by atoms with Crippen molar-refractivity contribution < 1.29 is 26.7 Å². The van der Waals surface area contributed by atoms with Gasteiger partial charge in [-0.3, -0.25) is 4.68 Å². The average molecular weight is 487 g/mol. The van der Waals surface area contributed by atoms with E-state index in [4.69, 9.17) is 4.42 Å². The van der Waals surface area contributed by atoms with E-state index >= 15 is 0 Å². The highest BCUT2D eigenvalue weighted by molar-refractivity contribution is 7.89. The number of hydrogen-bond acceptors (Lipinski definition) is 7. The summed E-state index contributed by atoms with van der Waals surface area (Å²) in [5.41, 5.74) is 1.76. The van der Waals surface area contributed by atoms with Crippen LogP contribution in [-0.2, 0) is 23.6 Å². The summed E-state index contributed by atoms with van der Waals surface area (Å²) < 4.78 is 60.7. The van der Waals surface area contributed by atoms with Gasteiger partial charge < -0.3 is 9.52 Å². The van der Waals surface area contributed by atoms with E-state index in [1.54, 1.807) is 49.6 Å². The van der Waals surface area contributed by atoms with Crippen molar-refractivity contribution in [2.24, 2.45) is 7.05 Å². The average Bonchev–Trinajstić information content (AvgIpc) is 3.54. The number of sulfonamides is 1. The van der Waals surface area contributed by atoms with E-state index in [1.807, 2.05) is 0 Å². The molecule has 1 aliphatic heterocycles. The zero-order valence-corrected chi connectivity index (χ0v) is 18.6. The lowest BCUT2D eigenvalue weighted by atomic mass is 9.97. The Hall–Kier alpha value is -3.48. The molecular formula is C22H19F2N5O4S. The molecule has 9 nitrogen and oxygen atoms in total. The predicted octanol–water partition coefficient (Wildman–Crippen LogP) is 3.39. The number of alkyl halides is 2. The van der Waals surface area contributed by atoms with Crippen LogP contribution in [-0.4, -0.2) is 37.8 Å². The lowest BCUT2D eigenvalue weighted by molar-refractivity contribution is 0.0885. The van der Waals surface area contributed by atoms with E-state index in [2.05, 4.69) is 15.3 Å². The van der Waals surface area contributed by atoms with Gasteiger partial charge in [-0.2, -0.15) is 18.2 Å². The summed E-state index contributed by atoms with van der Waals surface area (Å²) in [5, 5.41) is 22.3. The SMILES string of the molecule is Cn1cc([C@H]([C@@H](O)c2ccccc2)N2Cc3ccc(-c4nnc(C(F)F)o4)cc3S2(=O)=O)cn1. The Morgan fingerprint density at radius 1 is 1.09 bits per heavy atom. The molecule has 3 heterocycles. The molecule has 2 aromatic carbocycles. The summed E-state index contributed by atoms with van der Waals surface area (Å²) in [7, 11) is -2.38. The third kappa shape index (κ3) is 3.79. The normalized spacial score (nSPS) is 17.1. The number of rotatable bonds is 6. The summed E-state index contributed by atoms with van der Waals surface area (Å²) in [6.07, 6.45) is -0.927. The van der Waals surface area contributed by atoms with Crippen LogP contribution >= 0.6 is 0 Å². The number of aryl methyl sites for hydroxylation is 1. The van der Waals surface area contributed by atoms with Crippen LogP contribution in [0.5, 0.6) is 0 Å². The minimum Gasteiger partial charge on any atom is -0.415 e. The Morgan fingerprint density at radius 2 is 1.85 bits per heavy atom. The molecule has 0 radical (unpaired) electrons. The molecule has 4 aromatic rings. The second-order valence-corrected chi connectivity index (χ2v) is 9.73. The van der Waals surface area contributed by atoms with Gasteiger partial charge in [0.25, 0.3) is 5.89 Å². The maximum absolute atomic E-state index is 13.6. The van der Waals surface area contributed by atoms with E-state index in [1.165, 1.54) is 27.3 Å². The summed E-state index contributed by atoms with van der Waals surface area (Å²) in [6.45, 7) is 0.00746. The topological polar surface area (TPSA) is 114 Å². The highest BCUT2D eigenvalue weighted by Crippen LogP contribution is 2.43. The Kier molecular flexibility index (Phi) is 5.50. The third-order valence-corrected chi connectivity index (χ3v) is 7.58. The molecule has 0 bridgehead atoms. The van der Waals surface area contributed by atoms with Gasteiger partial charge in [-0.25, -0.2) is 8.42 Å². The molecule has 5 rings (SSSR count). The van der Waals surface area contributed by atoms with Crippen LogP contribution in [0.2, 0.25) is 0 Å². The third-order valence-electron chi connectivity index (χ3n) is 5.67.